The highest BCUT2D eigenvalue weighted by atomic mass is 16.7. The molecule has 3 aromatic heterocycles. The molecule has 0 saturated carbocycles. The van der Waals surface area contributed by atoms with Gasteiger partial charge in [-0.15, -0.1) is 4.91 Å². The van der Waals surface area contributed by atoms with E-state index < -0.39 is 11.2 Å². The Bertz CT molecular complexity index is 1450. The minimum atomic E-state index is -0.504. The van der Waals surface area contributed by atoms with Gasteiger partial charge in [-0.1, -0.05) is 13.8 Å². The van der Waals surface area contributed by atoms with Crippen LogP contribution in [0.25, 0.3) is 11.2 Å². The van der Waals surface area contributed by atoms with Gasteiger partial charge in [0.2, 0.25) is 0 Å². The van der Waals surface area contributed by atoms with Crippen molar-refractivity contribution in [3.8, 4) is 0 Å². The Hall–Kier alpha value is -4.02. The highest BCUT2D eigenvalue weighted by Crippen LogP contribution is 2.31. The molecular formula is C27H41N9O7. The molecule has 2 fully saturated rings. The van der Waals surface area contributed by atoms with E-state index in [9.17, 15) is 14.5 Å². The van der Waals surface area contributed by atoms with Crippen LogP contribution in [-0.4, -0.2) is 72.3 Å². The average molecular weight is 604 g/mol. The van der Waals surface area contributed by atoms with Crippen LogP contribution in [0.15, 0.2) is 32.6 Å². The highest BCUT2D eigenvalue weighted by Gasteiger charge is 2.29. The second-order valence-corrected chi connectivity index (χ2v) is 10.7. The van der Waals surface area contributed by atoms with Crippen LogP contribution < -0.4 is 17.0 Å². The molecule has 0 spiro atoms. The molecule has 2 saturated heterocycles. The number of aliphatic imine (C=N–C) groups is 1. The molecule has 3 aromatic rings. The van der Waals surface area contributed by atoms with Crippen LogP contribution in [-0.2, 0) is 14.3 Å². The fraction of sp³-hybridized carbons (Fsp3) is 0.630. The summed E-state index contributed by atoms with van der Waals surface area (Å²) in [6.45, 7) is 8.12. The van der Waals surface area contributed by atoms with Crippen molar-refractivity contribution in [2.24, 2.45) is 16.3 Å². The monoisotopic (exact) mass is 603 g/mol. The number of hydrogen-bond donors (Lipinski definition) is 4. The number of nitrogens with two attached hydrogens (primary N) is 1. The van der Waals surface area contributed by atoms with E-state index >= 15 is 0 Å². The summed E-state index contributed by atoms with van der Waals surface area (Å²) in [6, 6.07) is 0. The van der Waals surface area contributed by atoms with Crippen molar-refractivity contribution in [1.82, 2.24) is 29.5 Å². The van der Waals surface area contributed by atoms with E-state index in [-0.39, 0.29) is 30.5 Å². The fourth-order valence-corrected chi connectivity index (χ4v) is 4.60. The van der Waals surface area contributed by atoms with Crippen molar-refractivity contribution in [1.29, 1.82) is 0 Å². The SMILES string of the molecule is CC1CCC(CCCO)O1.Cc1[nH]c(=O)[nH]c(=O)c1N=CC(C)C.Nc1ncnc2c1ncn2C1CCC(CON=O)O1. The highest BCUT2D eigenvalue weighted by molar-refractivity contribution is 5.81. The summed E-state index contributed by atoms with van der Waals surface area (Å²) in [5.41, 5.74) is 6.70. The number of ether oxygens (including phenoxy) is 2. The van der Waals surface area contributed by atoms with E-state index in [2.05, 4.69) is 47.0 Å². The molecule has 16 nitrogen and oxygen atoms in total. The van der Waals surface area contributed by atoms with Crippen LogP contribution >= 0.6 is 0 Å². The summed E-state index contributed by atoms with van der Waals surface area (Å²) in [6.07, 6.45) is 11.1. The number of anilines is 1. The van der Waals surface area contributed by atoms with Crippen LogP contribution in [0.4, 0.5) is 11.5 Å². The lowest BCUT2D eigenvalue weighted by molar-refractivity contribution is -0.0398. The van der Waals surface area contributed by atoms with Crippen molar-refractivity contribution in [2.75, 3.05) is 18.9 Å². The summed E-state index contributed by atoms with van der Waals surface area (Å²) in [5, 5.41) is 10.9. The van der Waals surface area contributed by atoms with Gasteiger partial charge in [-0.05, 0) is 58.3 Å². The summed E-state index contributed by atoms with van der Waals surface area (Å²) >= 11 is 0. The Morgan fingerprint density at radius 3 is 2.58 bits per heavy atom. The normalized spacial score (nSPS) is 21.4. The van der Waals surface area contributed by atoms with Crippen molar-refractivity contribution in [3.63, 3.8) is 0 Å². The Balaban J connectivity index is 0.000000187. The van der Waals surface area contributed by atoms with Crippen LogP contribution in [0, 0.1) is 17.7 Å². The number of aromatic nitrogens is 6. The maximum Gasteiger partial charge on any atom is 0.326 e. The van der Waals surface area contributed by atoms with E-state index in [1.54, 1.807) is 19.5 Å². The van der Waals surface area contributed by atoms with Gasteiger partial charge in [0, 0.05) is 18.5 Å². The molecule has 4 unspecified atom stereocenters. The Labute approximate surface area is 248 Å². The Morgan fingerprint density at radius 2 is 1.93 bits per heavy atom. The second kappa shape index (κ2) is 16.6. The Morgan fingerprint density at radius 1 is 1.16 bits per heavy atom. The molecule has 236 valence electrons. The van der Waals surface area contributed by atoms with Gasteiger partial charge in [0.25, 0.3) is 5.56 Å². The minimum absolute atomic E-state index is 0.153. The zero-order valence-corrected chi connectivity index (χ0v) is 24.9. The molecule has 0 radical (unpaired) electrons. The summed E-state index contributed by atoms with van der Waals surface area (Å²) in [4.78, 5) is 57.3. The molecule has 43 heavy (non-hydrogen) atoms. The zero-order chi connectivity index (χ0) is 31.4. The summed E-state index contributed by atoms with van der Waals surface area (Å²) in [5.74, 6) is 0.604. The predicted octanol–water partition coefficient (Wildman–Crippen LogP) is 2.84. The third kappa shape index (κ3) is 10.0. The molecule has 4 atom stereocenters. The lowest BCUT2D eigenvalue weighted by Gasteiger charge is -2.13. The summed E-state index contributed by atoms with van der Waals surface area (Å²) < 4.78 is 13.1. The van der Waals surface area contributed by atoms with E-state index in [4.69, 9.17) is 20.3 Å². The second-order valence-electron chi connectivity index (χ2n) is 10.7. The first-order chi connectivity index (χ1) is 20.6. The zero-order valence-electron chi connectivity index (χ0n) is 24.9. The van der Waals surface area contributed by atoms with E-state index in [1.165, 1.54) is 19.2 Å². The van der Waals surface area contributed by atoms with Gasteiger partial charge in [0.1, 0.15) is 30.4 Å². The number of fused-ring (bicyclic) bond motifs is 1. The molecule has 5 N–H and O–H groups in total. The third-order valence-corrected chi connectivity index (χ3v) is 6.70. The van der Waals surface area contributed by atoms with Crippen molar-refractivity contribution in [2.45, 2.75) is 90.8 Å². The molecule has 2 aliphatic rings. The first kappa shape index (κ1) is 33.5. The van der Waals surface area contributed by atoms with Crippen LogP contribution in [0.5, 0.6) is 0 Å². The number of hydrogen-bond acceptors (Lipinski definition) is 13. The van der Waals surface area contributed by atoms with Crippen molar-refractivity contribution >= 4 is 28.9 Å². The number of nitrogens with one attached hydrogen (secondary N) is 2. The number of nitrogen functional groups attached to an aromatic ring is 1. The third-order valence-electron chi connectivity index (χ3n) is 6.70. The fourth-order valence-electron chi connectivity index (χ4n) is 4.60. The van der Waals surface area contributed by atoms with Gasteiger partial charge in [0.15, 0.2) is 16.8 Å². The molecule has 0 bridgehead atoms. The van der Waals surface area contributed by atoms with Gasteiger partial charge in [0.05, 0.1) is 24.6 Å². The lowest BCUT2D eigenvalue weighted by Crippen LogP contribution is -2.22. The quantitative estimate of drug-likeness (QED) is 0.158. The standard InChI is InChI=1S/C10H12N6O3.C9H13N3O2.C8H16O2/c11-9-8-10(13-4-12-9)16(5-14-8)7-2-1-6(19-7)3-18-15-17;1-5(2)4-10-7-6(3)11-9(14)12-8(7)13;1-7-4-5-8(10-7)3-2-6-9/h4-7H,1-3H2,(H2,11,12,13);4-5H,1-3H3,(H2,11,12,13,14);7-9H,2-6H2,1H3. The molecular weight excluding hydrogens is 562 g/mol. The largest absolute Gasteiger partial charge is 0.396 e. The number of imidazole rings is 1. The van der Waals surface area contributed by atoms with Crippen LogP contribution in [0.1, 0.15) is 71.2 Å². The first-order valence-corrected chi connectivity index (χ1v) is 14.3. The smallest absolute Gasteiger partial charge is 0.326 e. The number of H-pyrrole nitrogens is 2. The lowest BCUT2D eigenvalue weighted by atomic mass is 10.1. The number of aromatic amines is 2. The van der Waals surface area contributed by atoms with Gasteiger partial charge >= 0.3 is 5.69 Å². The van der Waals surface area contributed by atoms with Crippen LogP contribution in [0.3, 0.4) is 0 Å². The number of rotatable bonds is 9. The average Bonchev–Trinajstić information content (AvgIpc) is 3.71. The molecule has 0 aliphatic carbocycles. The van der Waals surface area contributed by atoms with Gasteiger partial charge < -0.3 is 30.1 Å². The van der Waals surface area contributed by atoms with Crippen molar-refractivity contribution in [3.05, 3.63) is 44.1 Å². The van der Waals surface area contributed by atoms with Crippen LogP contribution in [0.2, 0.25) is 0 Å². The van der Waals surface area contributed by atoms with Gasteiger partial charge in [-0.25, -0.2) is 19.7 Å². The van der Waals surface area contributed by atoms with Gasteiger partial charge in [-0.3, -0.25) is 19.3 Å². The topological polar surface area (TPSA) is 225 Å². The van der Waals surface area contributed by atoms with Crippen molar-refractivity contribution < 1.29 is 19.4 Å². The molecule has 5 heterocycles. The van der Waals surface area contributed by atoms with E-state index in [0.29, 0.717) is 41.5 Å². The first-order valence-electron chi connectivity index (χ1n) is 14.3. The predicted molar refractivity (Wildman–Crippen MR) is 160 cm³/mol. The maximum absolute atomic E-state index is 11.3. The van der Waals surface area contributed by atoms with E-state index in [1.807, 2.05) is 18.4 Å². The maximum atomic E-state index is 11.3. The number of nitrogens with zero attached hydrogens (tertiary/aromatic N) is 6. The summed E-state index contributed by atoms with van der Waals surface area (Å²) in [7, 11) is 0. The molecule has 16 heteroatoms. The minimum Gasteiger partial charge on any atom is -0.396 e. The number of aliphatic hydroxyl groups excluding tert-OH is 1. The molecule has 2 aliphatic heterocycles. The van der Waals surface area contributed by atoms with Gasteiger partial charge in [-0.2, -0.15) is 0 Å². The number of aryl methyl sites for hydroxylation is 1. The molecule has 5 rings (SSSR count). The molecule has 0 aromatic carbocycles. The number of aliphatic hydroxyl groups is 1. The van der Waals surface area contributed by atoms with E-state index in [0.717, 1.165) is 25.7 Å². The Kier molecular flexibility index (Phi) is 12.9. The molecule has 0 amide bonds.